The average molecular weight is 333 g/mol. The topological polar surface area (TPSA) is 15.7 Å². The number of thiophene rings is 1. The van der Waals surface area contributed by atoms with E-state index in [4.69, 9.17) is 4.74 Å². The molecule has 0 unspecified atom stereocenters. The van der Waals surface area contributed by atoms with Gasteiger partial charge < -0.3 is 9.64 Å². The number of nitrogens with zero attached hydrogens (tertiary/aromatic N) is 2. The van der Waals surface area contributed by atoms with Gasteiger partial charge >= 0.3 is 0 Å². The van der Waals surface area contributed by atoms with Crippen LogP contribution in [0, 0.1) is 13.8 Å². The molecule has 0 aliphatic heterocycles. The Kier molecular flexibility index (Phi) is 6.63. The van der Waals surface area contributed by atoms with Crippen molar-refractivity contribution < 1.29 is 4.74 Å². The highest BCUT2D eigenvalue weighted by atomic mass is 32.1. The van der Waals surface area contributed by atoms with Crippen molar-refractivity contribution in [1.29, 1.82) is 0 Å². The third kappa shape index (κ3) is 5.06. The molecule has 0 aliphatic carbocycles. The predicted octanol–water partition coefficient (Wildman–Crippen LogP) is 3.94. The van der Waals surface area contributed by atoms with E-state index in [2.05, 4.69) is 67.4 Å². The Bertz CT molecular complexity index is 608. The second-order valence-electron chi connectivity index (χ2n) is 6.27. The molecule has 0 N–H and O–H groups in total. The van der Waals surface area contributed by atoms with Crippen LogP contribution in [0.1, 0.15) is 21.6 Å². The number of likely N-dealkylation sites (N-methyl/N-ethyl adjacent to an activating group) is 1. The van der Waals surface area contributed by atoms with E-state index in [-0.39, 0.29) is 0 Å². The minimum absolute atomic E-state index is 0.975. The van der Waals surface area contributed by atoms with Gasteiger partial charge in [-0.2, -0.15) is 0 Å². The lowest BCUT2D eigenvalue weighted by atomic mass is 10.0. The summed E-state index contributed by atoms with van der Waals surface area (Å²) in [6, 6.07) is 8.65. The molecule has 0 fully saturated rings. The molecule has 0 spiro atoms. The second kappa shape index (κ2) is 8.48. The van der Waals surface area contributed by atoms with Crippen molar-refractivity contribution in [3.63, 3.8) is 0 Å². The summed E-state index contributed by atoms with van der Waals surface area (Å²) in [6.45, 7) is 8.46. The fourth-order valence-corrected chi connectivity index (χ4v) is 3.41. The molecule has 0 saturated carbocycles. The first kappa shape index (κ1) is 18.0. The first-order valence-corrected chi connectivity index (χ1v) is 8.91. The van der Waals surface area contributed by atoms with E-state index in [1.807, 2.05) is 11.3 Å². The van der Waals surface area contributed by atoms with Crippen molar-refractivity contribution in [2.24, 2.45) is 0 Å². The maximum absolute atomic E-state index is 5.43. The third-order valence-corrected chi connectivity index (χ3v) is 5.15. The standard InChI is InChI=1S/C19H28N2OS/c1-15-16(2)19(22-5)9-8-17(15)13-21(11-10-20(3)4)14-18-7-6-12-23-18/h6-9,12H,10-11,13-14H2,1-5H3. The molecule has 1 heterocycles. The van der Waals surface area contributed by atoms with Crippen LogP contribution in [-0.4, -0.2) is 44.1 Å². The molecule has 0 radical (unpaired) electrons. The van der Waals surface area contributed by atoms with E-state index in [1.165, 1.54) is 21.6 Å². The van der Waals surface area contributed by atoms with Gasteiger partial charge in [-0.15, -0.1) is 11.3 Å². The fraction of sp³-hybridized carbons (Fsp3) is 0.474. The van der Waals surface area contributed by atoms with Crippen LogP contribution in [0.15, 0.2) is 29.6 Å². The third-order valence-electron chi connectivity index (χ3n) is 4.29. The summed E-state index contributed by atoms with van der Waals surface area (Å²) in [6.07, 6.45) is 0. The van der Waals surface area contributed by atoms with Crippen molar-refractivity contribution >= 4 is 11.3 Å². The minimum atomic E-state index is 0.975. The Morgan fingerprint density at radius 2 is 1.78 bits per heavy atom. The van der Waals surface area contributed by atoms with E-state index in [0.717, 1.165) is 31.9 Å². The zero-order valence-electron chi connectivity index (χ0n) is 14.9. The van der Waals surface area contributed by atoms with Gasteiger partial charge in [-0.1, -0.05) is 12.1 Å². The predicted molar refractivity (Wildman–Crippen MR) is 99.5 cm³/mol. The summed E-state index contributed by atoms with van der Waals surface area (Å²) in [7, 11) is 6.00. The van der Waals surface area contributed by atoms with E-state index >= 15 is 0 Å². The van der Waals surface area contributed by atoms with Gasteiger partial charge in [0, 0.05) is 31.1 Å². The van der Waals surface area contributed by atoms with Crippen molar-refractivity contribution in [3.8, 4) is 5.75 Å². The Morgan fingerprint density at radius 1 is 1.00 bits per heavy atom. The summed E-state index contributed by atoms with van der Waals surface area (Å²) in [5.41, 5.74) is 3.97. The molecule has 2 rings (SSSR count). The monoisotopic (exact) mass is 332 g/mol. The van der Waals surface area contributed by atoms with Gasteiger partial charge in [0.2, 0.25) is 0 Å². The van der Waals surface area contributed by atoms with Crippen molar-refractivity contribution in [1.82, 2.24) is 9.80 Å². The van der Waals surface area contributed by atoms with Crippen LogP contribution in [0.2, 0.25) is 0 Å². The number of benzene rings is 1. The lowest BCUT2D eigenvalue weighted by Crippen LogP contribution is -2.31. The van der Waals surface area contributed by atoms with E-state index in [0.29, 0.717) is 0 Å². The largest absolute Gasteiger partial charge is 0.496 e. The van der Waals surface area contributed by atoms with E-state index < -0.39 is 0 Å². The lowest BCUT2D eigenvalue weighted by molar-refractivity contribution is 0.227. The number of methoxy groups -OCH3 is 1. The summed E-state index contributed by atoms with van der Waals surface area (Å²) in [5, 5.41) is 2.15. The minimum Gasteiger partial charge on any atom is -0.496 e. The summed E-state index contributed by atoms with van der Waals surface area (Å²) >= 11 is 1.83. The van der Waals surface area contributed by atoms with Crippen LogP contribution in [0.5, 0.6) is 5.75 Å². The molecule has 0 atom stereocenters. The molecule has 2 aromatic rings. The molecule has 126 valence electrons. The van der Waals surface area contributed by atoms with Gasteiger partial charge in [0.25, 0.3) is 0 Å². The Labute approximate surface area is 144 Å². The first-order valence-electron chi connectivity index (χ1n) is 8.03. The van der Waals surface area contributed by atoms with Crippen LogP contribution >= 0.6 is 11.3 Å². The molecule has 0 saturated heterocycles. The summed E-state index contributed by atoms with van der Waals surface area (Å²) in [5.74, 6) is 0.976. The lowest BCUT2D eigenvalue weighted by Gasteiger charge is -2.25. The molecule has 3 nitrogen and oxygen atoms in total. The number of ether oxygens (including phenoxy) is 1. The maximum Gasteiger partial charge on any atom is 0.122 e. The van der Waals surface area contributed by atoms with Gasteiger partial charge in [0.05, 0.1) is 7.11 Å². The van der Waals surface area contributed by atoms with Crippen molar-refractivity contribution in [2.45, 2.75) is 26.9 Å². The second-order valence-corrected chi connectivity index (χ2v) is 7.30. The molecular formula is C19H28N2OS. The van der Waals surface area contributed by atoms with E-state index in [1.54, 1.807) is 7.11 Å². The number of rotatable bonds is 8. The van der Waals surface area contributed by atoms with Crippen LogP contribution in [0.4, 0.5) is 0 Å². The summed E-state index contributed by atoms with van der Waals surface area (Å²) in [4.78, 5) is 6.19. The van der Waals surface area contributed by atoms with Crippen molar-refractivity contribution in [2.75, 3.05) is 34.3 Å². The first-order chi connectivity index (χ1) is 11.0. The molecule has 0 aliphatic rings. The Hall–Kier alpha value is -1.36. The molecule has 1 aromatic heterocycles. The SMILES string of the molecule is COc1ccc(CN(CCN(C)C)Cc2cccs2)c(C)c1C. The van der Waals surface area contributed by atoms with Crippen molar-refractivity contribution in [3.05, 3.63) is 51.2 Å². The van der Waals surface area contributed by atoms with Crippen LogP contribution in [0.25, 0.3) is 0 Å². The van der Waals surface area contributed by atoms with Crippen LogP contribution in [0.3, 0.4) is 0 Å². The highest BCUT2D eigenvalue weighted by molar-refractivity contribution is 7.09. The van der Waals surface area contributed by atoms with Gasteiger partial charge in [-0.25, -0.2) is 0 Å². The molecular weight excluding hydrogens is 304 g/mol. The van der Waals surface area contributed by atoms with Gasteiger partial charge in [0.15, 0.2) is 0 Å². The van der Waals surface area contributed by atoms with E-state index in [9.17, 15) is 0 Å². The Balaban J connectivity index is 2.14. The molecule has 23 heavy (non-hydrogen) atoms. The number of hydrogen-bond donors (Lipinski definition) is 0. The summed E-state index contributed by atoms with van der Waals surface area (Å²) < 4.78 is 5.43. The highest BCUT2D eigenvalue weighted by Crippen LogP contribution is 2.25. The molecule has 0 amide bonds. The average Bonchev–Trinajstić information content (AvgIpc) is 3.02. The molecule has 0 bridgehead atoms. The van der Waals surface area contributed by atoms with Gasteiger partial charge in [-0.3, -0.25) is 4.90 Å². The Morgan fingerprint density at radius 3 is 2.39 bits per heavy atom. The highest BCUT2D eigenvalue weighted by Gasteiger charge is 2.12. The van der Waals surface area contributed by atoms with Crippen LogP contribution in [-0.2, 0) is 13.1 Å². The zero-order chi connectivity index (χ0) is 16.8. The maximum atomic E-state index is 5.43. The van der Waals surface area contributed by atoms with Gasteiger partial charge in [0.1, 0.15) is 5.75 Å². The fourth-order valence-electron chi connectivity index (χ4n) is 2.66. The molecule has 1 aromatic carbocycles. The zero-order valence-corrected chi connectivity index (χ0v) is 15.7. The quantitative estimate of drug-likeness (QED) is 0.728. The molecule has 4 heteroatoms. The smallest absolute Gasteiger partial charge is 0.122 e. The van der Waals surface area contributed by atoms with Crippen LogP contribution < -0.4 is 4.74 Å². The number of hydrogen-bond acceptors (Lipinski definition) is 4. The van der Waals surface area contributed by atoms with Gasteiger partial charge in [-0.05, 0) is 62.1 Å². The normalized spacial score (nSPS) is 11.4.